The number of carbonyl (C=O) groups is 1. The van der Waals surface area contributed by atoms with E-state index in [2.05, 4.69) is 0 Å². The normalized spacial score (nSPS) is 16.9. The summed E-state index contributed by atoms with van der Waals surface area (Å²) in [6, 6.07) is 0. The second-order valence-electron chi connectivity index (χ2n) is 2.79. The third kappa shape index (κ3) is 1.57. The molecule has 0 amide bonds. The predicted molar refractivity (Wildman–Crippen MR) is 40.9 cm³/mol. The molecule has 0 N–H and O–H groups in total. The van der Waals surface area contributed by atoms with Crippen LogP contribution < -0.4 is 0 Å². The fraction of sp³-hybridized carbons (Fsp3) is 0.875. The summed E-state index contributed by atoms with van der Waals surface area (Å²) in [7, 11) is 1.58. The van der Waals surface area contributed by atoms with Crippen LogP contribution in [0.5, 0.6) is 0 Å². The molecule has 0 spiro atoms. The Morgan fingerprint density at radius 3 is 2.10 bits per heavy atom. The Labute approximate surface area is 62.6 Å². The third-order valence-electron chi connectivity index (χ3n) is 2.11. The lowest BCUT2D eigenvalue weighted by Crippen LogP contribution is -2.38. The largest absolute Gasteiger partial charge is 0.370 e. The first-order valence-electron chi connectivity index (χ1n) is 3.64. The van der Waals surface area contributed by atoms with E-state index in [0.717, 1.165) is 12.7 Å². The Balaban J connectivity index is 4.30. The van der Waals surface area contributed by atoms with Gasteiger partial charge in [-0.05, 0) is 12.3 Å². The summed E-state index contributed by atoms with van der Waals surface area (Å²) in [5.74, 6) is 0.250. The summed E-state index contributed by atoms with van der Waals surface area (Å²) in [4.78, 5) is 10.6. The molecule has 0 aliphatic heterocycles. The molecule has 10 heavy (non-hydrogen) atoms. The average Bonchev–Trinajstić information content (AvgIpc) is 1.92. The van der Waals surface area contributed by atoms with Gasteiger partial charge in [0.05, 0.1) is 0 Å². The molecule has 0 aliphatic carbocycles. The first-order valence-corrected chi connectivity index (χ1v) is 3.64. The lowest BCUT2D eigenvalue weighted by Gasteiger charge is -2.28. The van der Waals surface area contributed by atoms with Gasteiger partial charge in [0.1, 0.15) is 5.60 Å². The van der Waals surface area contributed by atoms with Crippen molar-refractivity contribution in [2.75, 3.05) is 7.11 Å². The van der Waals surface area contributed by atoms with Crippen LogP contribution in [0, 0.1) is 5.92 Å². The van der Waals surface area contributed by atoms with E-state index in [4.69, 9.17) is 4.74 Å². The van der Waals surface area contributed by atoms with Crippen LogP contribution >= 0.6 is 0 Å². The van der Waals surface area contributed by atoms with Crippen molar-refractivity contribution in [2.24, 2.45) is 5.92 Å². The number of hydrogen-bond acceptors (Lipinski definition) is 2. The molecule has 0 radical (unpaired) electrons. The van der Waals surface area contributed by atoms with Crippen LogP contribution in [0.15, 0.2) is 0 Å². The number of methoxy groups -OCH3 is 1. The minimum Gasteiger partial charge on any atom is -0.370 e. The Hall–Kier alpha value is -0.370. The number of ether oxygens (including phenoxy) is 1. The highest BCUT2D eigenvalue weighted by atomic mass is 16.5. The second-order valence-corrected chi connectivity index (χ2v) is 2.79. The van der Waals surface area contributed by atoms with Crippen LogP contribution in [0.3, 0.4) is 0 Å². The predicted octanol–water partition coefficient (Wildman–Crippen LogP) is 1.64. The van der Waals surface area contributed by atoms with Crippen molar-refractivity contribution in [1.82, 2.24) is 0 Å². The molecular weight excluding hydrogens is 128 g/mol. The molecule has 0 aromatic carbocycles. The fourth-order valence-corrected chi connectivity index (χ4v) is 1.06. The van der Waals surface area contributed by atoms with Crippen LogP contribution in [-0.2, 0) is 9.53 Å². The summed E-state index contributed by atoms with van der Waals surface area (Å²) in [6.45, 7) is 5.93. The van der Waals surface area contributed by atoms with Crippen molar-refractivity contribution in [3.63, 3.8) is 0 Å². The molecule has 1 atom stereocenters. The van der Waals surface area contributed by atoms with Crippen LogP contribution in [0.25, 0.3) is 0 Å². The maximum Gasteiger partial charge on any atom is 0.152 e. The number of hydrogen-bond donors (Lipinski definition) is 0. The zero-order chi connectivity index (χ0) is 8.20. The van der Waals surface area contributed by atoms with E-state index in [1.807, 2.05) is 20.8 Å². The molecule has 0 heterocycles. The highest BCUT2D eigenvalue weighted by molar-refractivity contribution is 5.62. The van der Waals surface area contributed by atoms with Crippen LogP contribution in [0.4, 0.5) is 0 Å². The highest BCUT2D eigenvalue weighted by Crippen LogP contribution is 2.21. The van der Waals surface area contributed by atoms with Gasteiger partial charge >= 0.3 is 0 Å². The lowest BCUT2D eigenvalue weighted by molar-refractivity contribution is -0.133. The average molecular weight is 144 g/mol. The standard InChI is InChI=1S/C8H16O2/c1-5-8(6-9,10-4)7(2)3/h6-7H,5H2,1-4H3. The van der Waals surface area contributed by atoms with Crippen molar-refractivity contribution < 1.29 is 9.53 Å². The Morgan fingerprint density at radius 2 is 2.10 bits per heavy atom. The molecule has 0 aromatic heterocycles. The van der Waals surface area contributed by atoms with Gasteiger partial charge in [-0.15, -0.1) is 0 Å². The summed E-state index contributed by atoms with van der Waals surface area (Å²) in [5, 5.41) is 0. The Morgan fingerprint density at radius 1 is 1.60 bits per heavy atom. The second kappa shape index (κ2) is 3.71. The zero-order valence-electron chi connectivity index (χ0n) is 7.18. The third-order valence-corrected chi connectivity index (χ3v) is 2.11. The zero-order valence-corrected chi connectivity index (χ0v) is 7.18. The van der Waals surface area contributed by atoms with Gasteiger partial charge < -0.3 is 9.53 Å². The molecular formula is C8H16O2. The van der Waals surface area contributed by atoms with Gasteiger partial charge in [0, 0.05) is 7.11 Å². The van der Waals surface area contributed by atoms with Gasteiger partial charge in [-0.3, -0.25) is 0 Å². The summed E-state index contributed by atoms with van der Waals surface area (Å²) >= 11 is 0. The summed E-state index contributed by atoms with van der Waals surface area (Å²) in [5.41, 5.74) is -0.556. The van der Waals surface area contributed by atoms with Gasteiger partial charge in [-0.2, -0.15) is 0 Å². The lowest BCUT2D eigenvalue weighted by atomic mass is 9.89. The van der Waals surface area contributed by atoms with E-state index in [9.17, 15) is 4.79 Å². The van der Waals surface area contributed by atoms with Gasteiger partial charge in [0.15, 0.2) is 6.29 Å². The van der Waals surface area contributed by atoms with Gasteiger partial charge in [0.2, 0.25) is 0 Å². The van der Waals surface area contributed by atoms with Crippen molar-refractivity contribution in [3.8, 4) is 0 Å². The Bertz CT molecular complexity index is 104. The molecule has 60 valence electrons. The molecule has 0 saturated carbocycles. The smallest absolute Gasteiger partial charge is 0.152 e. The monoisotopic (exact) mass is 144 g/mol. The van der Waals surface area contributed by atoms with Crippen LogP contribution in [-0.4, -0.2) is 19.0 Å². The van der Waals surface area contributed by atoms with E-state index >= 15 is 0 Å². The maximum atomic E-state index is 10.6. The Kier molecular flexibility index (Phi) is 3.58. The first kappa shape index (κ1) is 9.63. The molecule has 0 rings (SSSR count). The molecule has 0 saturated heterocycles. The van der Waals surface area contributed by atoms with Crippen molar-refractivity contribution in [1.29, 1.82) is 0 Å². The van der Waals surface area contributed by atoms with Crippen molar-refractivity contribution in [3.05, 3.63) is 0 Å². The van der Waals surface area contributed by atoms with Crippen molar-refractivity contribution >= 4 is 6.29 Å². The maximum absolute atomic E-state index is 10.6. The van der Waals surface area contributed by atoms with Gasteiger partial charge in [-0.1, -0.05) is 20.8 Å². The fourth-order valence-electron chi connectivity index (χ4n) is 1.06. The number of aldehydes is 1. The molecule has 1 unspecified atom stereocenters. The summed E-state index contributed by atoms with van der Waals surface area (Å²) in [6.07, 6.45) is 1.64. The molecule has 0 aliphatic rings. The van der Waals surface area contributed by atoms with Crippen LogP contribution in [0.1, 0.15) is 27.2 Å². The van der Waals surface area contributed by atoms with E-state index in [1.165, 1.54) is 0 Å². The molecule has 2 nitrogen and oxygen atoms in total. The van der Waals surface area contributed by atoms with E-state index in [0.29, 0.717) is 0 Å². The van der Waals surface area contributed by atoms with E-state index < -0.39 is 5.60 Å². The van der Waals surface area contributed by atoms with Gasteiger partial charge in [0.25, 0.3) is 0 Å². The molecule has 0 bridgehead atoms. The van der Waals surface area contributed by atoms with Crippen molar-refractivity contribution in [2.45, 2.75) is 32.8 Å². The van der Waals surface area contributed by atoms with E-state index in [1.54, 1.807) is 7.11 Å². The van der Waals surface area contributed by atoms with Crippen LogP contribution in [0.2, 0.25) is 0 Å². The van der Waals surface area contributed by atoms with Gasteiger partial charge in [-0.25, -0.2) is 0 Å². The number of rotatable bonds is 4. The highest BCUT2D eigenvalue weighted by Gasteiger charge is 2.30. The minimum absolute atomic E-state index is 0.250. The SMILES string of the molecule is CCC(C=O)(OC)C(C)C. The molecule has 2 heteroatoms. The quantitative estimate of drug-likeness (QED) is 0.561. The first-order chi connectivity index (χ1) is 4.63. The summed E-state index contributed by atoms with van der Waals surface area (Å²) < 4.78 is 5.13. The minimum atomic E-state index is -0.556. The molecule has 0 fully saturated rings. The van der Waals surface area contributed by atoms with E-state index in [-0.39, 0.29) is 5.92 Å². The molecule has 0 aromatic rings. The number of carbonyl (C=O) groups excluding carboxylic acids is 1. The topological polar surface area (TPSA) is 26.3 Å².